The van der Waals surface area contributed by atoms with Crippen LogP contribution in [0, 0.1) is 0 Å². The third kappa shape index (κ3) is 1.86. The fourth-order valence-corrected chi connectivity index (χ4v) is 1.83. The molecule has 84 valence electrons. The highest BCUT2D eigenvalue weighted by atomic mass is 16.1. The first-order chi connectivity index (χ1) is 7.61. The predicted octanol–water partition coefficient (Wildman–Crippen LogP) is 2.11. The van der Waals surface area contributed by atoms with Crippen LogP contribution in [-0.2, 0) is 6.54 Å². The number of H-pyrrole nitrogens is 1. The average Bonchev–Trinajstić information content (AvgIpc) is 2.27. The van der Waals surface area contributed by atoms with Gasteiger partial charge in [0.05, 0.1) is 0 Å². The van der Waals surface area contributed by atoms with Gasteiger partial charge in [-0.2, -0.15) is 0 Å². The first-order valence-electron chi connectivity index (χ1n) is 5.47. The zero-order valence-corrected chi connectivity index (χ0v) is 9.58. The van der Waals surface area contributed by atoms with Crippen molar-refractivity contribution in [2.45, 2.75) is 26.3 Å². The molecule has 0 aliphatic carbocycles. The van der Waals surface area contributed by atoms with Crippen molar-refractivity contribution in [1.82, 2.24) is 4.98 Å². The van der Waals surface area contributed by atoms with E-state index in [9.17, 15) is 4.79 Å². The van der Waals surface area contributed by atoms with Crippen molar-refractivity contribution in [2.75, 3.05) is 0 Å². The summed E-state index contributed by atoms with van der Waals surface area (Å²) in [5, 5.41) is 1.05. The highest BCUT2D eigenvalue weighted by Crippen LogP contribution is 2.17. The van der Waals surface area contributed by atoms with Gasteiger partial charge in [-0.05, 0) is 35.1 Å². The van der Waals surface area contributed by atoms with E-state index in [-0.39, 0.29) is 11.5 Å². The number of hydrogen-bond acceptors (Lipinski definition) is 2. The summed E-state index contributed by atoms with van der Waals surface area (Å²) in [5.41, 5.74) is 8.37. The normalized spacial score (nSPS) is 11.2. The zero-order valence-electron chi connectivity index (χ0n) is 9.58. The zero-order chi connectivity index (χ0) is 11.7. The van der Waals surface area contributed by atoms with E-state index in [0.29, 0.717) is 6.54 Å². The van der Waals surface area contributed by atoms with Crippen molar-refractivity contribution in [3.8, 4) is 0 Å². The smallest absolute Gasteiger partial charge is 0.251 e. The van der Waals surface area contributed by atoms with Gasteiger partial charge in [0.25, 0.3) is 5.56 Å². The summed E-state index contributed by atoms with van der Waals surface area (Å²) in [6, 6.07) is 7.82. The van der Waals surface area contributed by atoms with Gasteiger partial charge in [0.2, 0.25) is 0 Å². The first-order valence-corrected chi connectivity index (χ1v) is 5.47. The molecule has 3 heteroatoms. The van der Waals surface area contributed by atoms with Gasteiger partial charge in [-0.1, -0.05) is 19.9 Å². The summed E-state index contributed by atoms with van der Waals surface area (Å²) in [6.07, 6.45) is 0. The van der Waals surface area contributed by atoms with Gasteiger partial charge in [0, 0.05) is 17.6 Å². The Balaban J connectivity index is 2.70. The maximum Gasteiger partial charge on any atom is 0.251 e. The number of hydrogen-bond donors (Lipinski definition) is 2. The molecule has 3 nitrogen and oxygen atoms in total. The number of pyridine rings is 1. The molecule has 1 heterocycles. The molecule has 0 spiro atoms. The summed E-state index contributed by atoms with van der Waals surface area (Å²) in [7, 11) is 0. The second-order valence-electron chi connectivity index (χ2n) is 4.33. The lowest BCUT2D eigenvalue weighted by atomic mass is 10.0. The van der Waals surface area contributed by atoms with E-state index in [2.05, 4.69) is 4.98 Å². The van der Waals surface area contributed by atoms with E-state index >= 15 is 0 Å². The van der Waals surface area contributed by atoms with Gasteiger partial charge in [-0.3, -0.25) is 4.79 Å². The number of aromatic nitrogens is 1. The molecule has 1 aromatic heterocycles. The van der Waals surface area contributed by atoms with Crippen LogP contribution in [-0.4, -0.2) is 4.98 Å². The molecule has 2 rings (SSSR count). The van der Waals surface area contributed by atoms with Crippen LogP contribution in [0.5, 0.6) is 0 Å². The molecule has 0 fully saturated rings. The van der Waals surface area contributed by atoms with Crippen molar-refractivity contribution in [2.24, 2.45) is 5.73 Å². The second-order valence-corrected chi connectivity index (χ2v) is 4.33. The molecule has 0 saturated carbocycles. The third-order valence-corrected chi connectivity index (χ3v) is 2.80. The van der Waals surface area contributed by atoms with E-state index in [1.54, 1.807) is 0 Å². The summed E-state index contributed by atoms with van der Waals surface area (Å²) in [5.74, 6) is 0.231. The third-order valence-electron chi connectivity index (χ3n) is 2.80. The Morgan fingerprint density at radius 2 is 2.06 bits per heavy atom. The van der Waals surface area contributed by atoms with Crippen LogP contribution < -0.4 is 11.3 Å². The van der Waals surface area contributed by atoms with Crippen molar-refractivity contribution >= 4 is 10.9 Å². The molecule has 0 aliphatic rings. The second kappa shape index (κ2) is 4.10. The number of rotatable bonds is 2. The maximum absolute atomic E-state index is 11.7. The molecule has 2 aromatic rings. The lowest BCUT2D eigenvalue weighted by molar-refractivity contribution is 0.849. The van der Waals surface area contributed by atoms with Crippen LogP contribution in [0.25, 0.3) is 10.9 Å². The average molecular weight is 216 g/mol. The molecule has 0 bridgehead atoms. The fraction of sp³-hybridized carbons (Fsp3) is 0.308. The Hall–Kier alpha value is -1.61. The van der Waals surface area contributed by atoms with Gasteiger partial charge in [0.1, 0.15) is 0 Å². The van der Waals surface area contributed by atoms with E-state index in [1.165, 1.54) is 0 Å². The minimum absolute atomic E-state index is 0.00278. The lowest BCUT2D eigenvalue weighted by Gasteiger charge is -2.07. The standard InChI is InChI=1S/C13H16N2O/c1-8(2)11-6-10-5-9(7-14)3-4-12(10)15-13(11)16/h3-6,8H,7,14H2,1-2H3,(H,15,16). The van der Waals surface area contributed by atoms with Crippen LogP contribution in [0.1, 0.15) is 30.9 Å². The van der Waals surface area contributed by atoms with E-state index in [0.717, 1.165) is 22.0 Å². The van der Waals surface area contributed by atoms with Crippen molar-refractivity contribution in [3.63, 3.8) is 0 Å². The Kier molecular flexibility index (Phi) is 2.79. The number of nitrogens with two attached hydrogens (primary N) is 1. The van der Waals surface area contributed by atoms with Crippen LogP contribution in [0.4, 0.5) is 0 Å². The van der Waals surface area contributed by atoms with E-state index in [4.69, 9.17) is 5.73 Å². The van der Waals surface area contributed by atoms with Gasteiger partial charge in [0.15, 0.2) is 0 Å². The van der Waals surface area contributed by atoms with Crippen LogP contribution in [0.2, 0.25) is 0 Å². The van der Waals surface area contributed by atoms with E-state index < -0.39 is 0 Å². The topological polar surface area (TPSA) is 58.9 Å². The molecule has 0 amide bonds. The monoisotopic (exact) mass is 216 g/mol. The summed E-state index contributed by atoms with van der Waals surface area (Å²) in [4.78, 5) is 14.6. The molecule has 16 heavy (non-hydrogen) atoms. The highest BCUT2D eigenvalue weighted by molar-refractivity contribution is 5.79. The van der Waals surface area contributed by atoms with Gasteiger partial charge < -0.3 is 10.7 Å². The molecule has 3 N–H and O–H groups in total. The summed E-state index contributed by atoms with van der Waals surface area (Å²) in [6.45, 7) is 4.55. The minimum atomic E-state index is 0.00278. The fourth-order valence-electron chi connectivity index (χ4n) is 1.83. The Bertz CT molecular complexity index is 570. The predicted molar refractivity (Wildman–Crippen MR) is 66.5 cm³/mol. The molecule has 0 aliphatic heterocycles. The molecule has 0 saturated heterocycles. The Morgan fingerprint density at radius 3 is 2.69 bits per heavy atom. The first kappa shape index (κ1) is 10.9. The van der Waals surface area contributed by atoms with Gasteiger partial charge in [-0.15, -0.1) is 0 Å². The quantitative estimate of drug-likeness (QED) is 0.807. The summed E-state index contributed by atoms with van der Waals surface area (Å²) < 4.78 is 0. The Labute approximate surface area is 94.3 Å². The number of aromatic amines is 1. The van der Waals surface area contributed by atoms with Crippen molar-refractivity contribution < 1.29 is 0 Å². The van der Waals surface area contributed by atoms with Gasteiger partial charge >= 0.3 is 0 Å². The van der Waals surface area contributed by atoms with Crippen LogP contribution in [0.3, 0.4) is 0 Å². The largest absolute Gasteiger partial charge is 0.326 e. The lowest BCUT2D eigenvalue weighted by Crippen LogP contribution is -2.13. The Morgan fingerprint density at radius 1 is 1.31 bits per heavy atom. The molecule has 0 radical (unpaired) electrons. The number of benzene rings is 1. The molecule has 1 aromatic carbocycles. The molecule has 0 atom stereocenters. The SMILES string of the molecule is CC(C)c1cc2cc(CN)ccc2[nH]c1=O. The van der Waals surface area contributed by atoms with Crippen molar-refractivity contribution in [3.05, 3.63) is 45.7 Å². The van der Waals surface area contributed by atoms with Crippen LogP contribution >= 0.6 is 0 Å². The maximum atomic E-state index is 11.7. The minimum Gasteiger partial charge on any atom is -0.326 e. The highest BCUT2D eigenvalue weighted by Gasteiger charge is 2.06. The molecular weight excluding hydrogens is 200 g/mol. The number of fused-ring (bicyclic) bond motifs is 1. The van der Waals surface area contributed by atoms with Crippen LogP contribution in [0.15, 0.2) is 29.1 Å². The van der Waals surface area contributed by atoms with E-state index in [1.807, 2.05) is 38.1 Å². The summed E-state index contributed by atoms with van der Waals surface area (Å²) >= 11 is 0. The van der Waals surface area contributed by atoms with Crippen molar-refractivity contribution in [1.29, 1.82) is 0 Å². The molecular formula is C13H16N2O. The molecule has 0 unspecified atom stereocenters. The number of nitrogens with one attached hydrogen (secondary N) is 1. The van der Waals surface area contributed by atoms with Gasteiger partial charge in [-0.25, -0.2) is 0 Å².